The Balaban J connectivity index is 1.35. The van der Waals surface area contributed by atoms with Crippen LogP contribution in [0.5, 0.6) is 5.75 Å². The molecule has 1 saturated heterocycles. The van der Waals surface area contributed by atoms with E-state index in [0.717, 1.165) is 24.2 Å². The van der Waals surface area contributed by atoms with Crippen LogP contribution in [0.4, 0.5) is 0 Å². The first-order valence-corrected chi connectivity index (χ1v) is 12.0. The maximum Gasteiger partial charge on any atom is 0.251 e. The number of ether oxygens (including phenoxy) is 1. The van der Waals surface area contributed by atoms with E-state index in [4.69, 9.17) is 4.74 Å². The van der Waals surface area contributed by atoms with Crippen LogP contribution in [0, 0.1) is 13.8 Å². The number of carbonyl (C=O) groups excluding carboxylic acids is 2. The van der Waals surface area contributed by atoms with Crippen molar-refractivity contribution in [1.82, 2.24) is 10.2 Å². The third-order valence-electron chi connectivity index (χ3n) is 6.48. The molecule has 1 N–H and O–H groups in total. The van der Waals surface area contributed by atoms with E-state index in [1.54, 1.807) is 0 Å². The summed E-state index contributed by atoms with van der Waals surface area (Å²) in [5.74, 6) is 0.979. The van der Waals surface area contributed by atoms with E-state index in [0.29, 0.717) is 38.1 Å². The third-order valence-corrected chi connectivity index (χ3v) is 6.48. The zero-order chi connectivity index (χ0) is 24.0. The Morgan fingerprint density at radius 2 is 1.67 bits per heavy atom. The molecule has 0 radical (unpaired) electrons. The average Bonchev–Trinajstić information content (AvgIpc) is 2.78. The number of amides is 2. The second-order valence-corrected chi connectivity index (χ2v) is 10.2. The van der Waals surface area contributed by atoms with E-state index in [1.807, 2.05) is 49.1 Å². The maximum atomic E-state index is 12.6. The van der Waals surface area contributed by atoms with E-state index in [2.05, 4.69) is 38.2 Å². The monoisotopic (exact) mass is 450 g/mol. The highest BCUT2D eigenvalue weighted by atomic mass is 16.5. The van der Waals surface area contributed by atoms with Crippen molar-refractivity contribution in [2.45, 2.75) is 71.8 Å². The normalized spacial score (nSPS) is 14.8. The molecule has 5 nitrogen and oxygen atoms in total. The SMILES string of the molecule is Cc1ccc(C(=O)NC2CCN(C(=O)CCCOc3ccc(C(C)(C)C)cc3)CC2)cc1C. The van der Waals surface area contributed by atoms with E-state index in [9.17, 15) is 9.59 Å². The van der Waals surface area contributed by atoms with Crippen LogP contribution in [-0.4, -0.2) is 42.5 Å². The second-order valence-electron chi connectivity index (χ2n) is 10.2. The van der Waals surface area contributed by atoms with Crippen molar-refractivity contribution in [3.8, 4) is 5.75 Å². The lowest BCUT2D eigenvalue weighted by atomic mass is 9.87. The molecule has 0 aromatic heterocycles. The zero-order valence-corrected chi connectivity index (χ0v) is 20.7. The highest BCUT2D eigenvalue weighted by molar-refractivity contribution is 5.94. The van der Waals surface area contributed by atoms with Crippen LogP contribution in [0.15, 0.2) is 42.5 Å². The molecule has 0 unspecified atom stereocenters. The molecule has 0 spiro atoms. The fourth-order valence-corrected chi connectivity index (χ4v) is 4.05. The van der Waals surface area contributed by atoms with Gasteiger partial charge in [-0.05, 0) is 79.5 Å². The van der Waals surface area contributed by atoms with Crippen molar-refractivity contribution in [2.75, 3.05) is 19.7 Å². The van der Waals surface area contributed by atoms with E-state index >= 15 is 0 Å². The number of nitrogens with one attached hydrogen (secondary N) is 1. The lowest BCUT2D eigenvalue weighted by molar-refractivity contribution is -0.132. The van der Waals surface area contributed by atoms with Crippen molar-refractivity contribution < 1.29 is 14.3 Å². The van der Waals surface area contributed by atoms with Gasteiger partial charge in [-0.15, -0.1) is 0 Å². The largest absolute Gasteiger partial charge is 0.494 e. The molecule has 1 fully saturated rings. The molecular weight excluding hydrogens is 412 g/mol. The average molecular weight is 451 g/mol. The molecule has 178 valence electrons. The first-order valence-electron chi connectivity index (χ1n) is 12.0. The fraction of sp³-hybridized carbons (Fsp3) is 0.500. The van der Waals surface area contributed by atoms with Crippen LogP contribution < -0.4 is 10.1 Å². The van der Waals surface area contributed by atoms with Crippen molar-refractivity contribution in [1.29, 1.82) is 0 Å². The summed E-state index contributed by atoms with van der Waals surface area (Å²) in [7, 11) is 0. The first kappa shape index (κ1) is 24.8. The Morgan fingerprint density at radius 3 is 2.27 bits per heavy atom. The van der Waals surface area contributed by atoms with Crippen LogP contribution in [0.2, 0.25) is 0 Å². The summed E-state index contributed by atoms with van der Waals surface area (Å²) in [5.41, 5.74) is 4.40. The van der Waals surface area contributed by atoms with E-state index in [-0.39, 0.29) is 23.3 Å². The smallest absolute Gasteiger partial charge is 0.251 e. The van der Waals surface area contributed by atoms with Crippen molar-refractivity contribution in [3.63, 3.8) is 0 Å². The Labute approximate surface area is 198 Å². The molecule has 1 heterocycles. The Kier molecular flexibility index (Phi) is 8.17. The number of nitrogens with zero attached hydrogens (tertiary/aromatic N) is 1. The summed E-state index contributed by atoms with van der Waals surface area (Å²) in [6.07, 6.45) is 2.76. The summed E-state index contributed by atoms with van der Waals surface area (Å²) in [5, 5.41) is 3.13. The number of hydrogen-bond acceptors (Lipinski definition) is 3. The standard InChI is InChI=1S/C28H38N2O3/c1-20-8-9-22(19-21(20)2)27(32)29-24-14-16-30(17-15-24)26(31)7-6-18-33-25-12-10-23(11-13-25)28(3,4)5/h8-13,19,24H,6-7,14-18H2,1-5H3,(H,29,32). The van der Waals surface area contributed by atoms with Gasteiger partial charge < -0.3 is 15.0 Å². The van der Waals surface area contributed by atoms with Gasteiger partial charge in [-0.3, -0.25) is 9.59 Å². The Morgan fingerprint density at radius 1 is 1.00 bits per heavy atom. The summed E-state index contributed by atoms with van der Waals surface area (Å²) < 4.78 is 5.81. The number of hydrogen-bond donors (Lipinski definition) is 1. The molecule has 0 saturated carbocycles. The molecule has 0 bridgehead atoms. The molecule has 2 aromatic rings. The van der Waals surface area contributed by atoms with Gasteiger partial charge in [-0.2, -0.15) is 0 Å². The van der Waals surface area contributed by atoms with Gasteiger partial charge >= 0.3 is 0 Å². The van der Waals surface area contributed by atoms with Gasteiger partial charge in [-0.1, -0.05) is 39.0 Å². The minimum absolute atomic E-state index is 0.0319. The maximum absolute atomic E-state index is 12.6. The predicted octanol–water partition coefficient (Wildman–Crippen LogP) is 5.18. The quantitative estimate of drug-likeness (QED) is 0.591. The molecule has 1 aliphatic rings. The van der Waals surface area contributed by atoms with Crippen LogP contribution >= 0.6 is 0 Å². The van der Waals surface area contributed by atoms with Crippen molar-refractivity contribution in [3.05, 3.63) is 64.7 Å². The number of piperidine rings is 1. The van der Waals surface area contributed by atoms with Crippen molar-refractivity contribution >= 4 is 11.8 Å². The highest BCUT2D eigenvalue weighted by Crippen LogP contribution is 2.24. The molecule has 1 aliphatic heterocycles. The lowest BCUT2D eigenvalue weighted by Crippen LogP contribution is -2.46. The minimum Gasteiger partial charge on any atom is -0.494 e. The van der Waals surface area contributed by atoms with Crippen LogP contribution in [0.1, 0.15) is 73.5 Å². The second kappa shape index (κ2) is 10.9. The van der Waals surface area contributed by atoms with E-state index in [1.165, 1.54) is 11.1 Å². The summed E-state index contributed by atoms with van der Waals surface area (Å²) >= 11 is 0. The first-order chi connectivity index (χ1) is 15.6. The summed E-state index contributed by atoms with van der Waals surface area (Å²) in [4.78, 5) is 27.0. The molecule has 33 heavy (non-hydrogen) atoms. The number of rotatable bonds is 7. The Hall–Kier alpha value is -2.82. The lowest BCUT2D eigenvalue weighted by Gasteiger charge is -2.32. The van der Waals surface area contributed by atoms with Gasteiger partial charge in [0.25, 0.3) is 5.91 Å². The number of aryl methyl sites for hydroxylation is 2. The molecule has 2 aromatic carbocycles. The molecule has 0 aliphatic carbocycles. The number of likely N-dealkylation sites (tertiary alicyclic amines) is 1. The summed E-state index contributed by atoms with van der Waals surface area (Å²) in [6, 6.07) is 14.1. The van der Waals surface area contributed by atoms with Crippen LogP contribution in [-0.2, 0) is 10.2 Å². The zero-order valence-electron chi connectivity index (χ0n) is 20.7. The highest BCUT2D eigenvalue weighted by Gasteiger charge is 2.24. The van der Waals surface area contributed by atoms with Gasteiger partial charge in [0.2, 0.25) is 5.91 Å². The molecule has 3 rings (SSSR count). The van der Waals surface area contributed by atoms with Gasteiger partial charge in [0.1, 0.15) is 5.75 Å². The third kappa shape index (κ3) is 7.08. The molecule has 0 atom stereocenters. The predicted molar refractivity (Wildman–Crippen MR) is 133 cm³/mol. The van der Waals surface area contributed by atoms with Crippen molar-refractivity contribution in [2.24, 2.45) is 0 Å². The molecule has 5 heteroatoms. The van der Waals surface area contributed by atoms with Gasteiger partial charge in [-0.25, -0.2) is 0 Å². The fourth-order valence-electron chi connectivity index (χ4n) is 4.05. The molecule has 2 amide bonds. The number of benzene rings is 2. The topological polar surface area (TPSA) is 58.6 Å². The Bertz CT molecular complexity index is 952. The molecular formula is C28H38N2O3. The number of carbonyl (C=O) groups is 2. The van der Waals surface area contributed by atoms with Crippen LogP contribution in [0.25, 0.3) is 0 Å². The minimum atomic E-state index is -0.0319. The van der Waals surface area contributed by atoms with Crippen LogP contribution in [0.3, 0.4) is 0 Å². The van der Waals surface area contributed by atoms with Gasteiger partial charge in [0, 0.05) is 31.1 Å². The summed E-state index contributed by atoms with van der Waals surface area (Å²) in [6.45, 7) is 12.5. The van der Waals surface area contributed by atoms with Gasteiger partial charge in [0.05, 0.1) is 6.61 Å². The van der Waals surface area contributed by atoms with Gasteiger partial charge in [0.15, 0.2) is 0 Å². The van der Waals surface area contributed by atoms with E-state index < -0.39 is 0 Å².